The molecule has 31 heavy (non-hydrogen) atoms. The largest absolute Gasteiger partial charge is 0.480 e. The summed E-state index contributed by atoms with van der Waals surface area (Å²) in [6.07, 6.45) is 5.30. The first-order valence-corrected chi connectivity index (χ1v) is 10.8. The molecule has 5 rings (SSSR count). The Bertz CT molecular complexity index is 1300. The van der Waals surface area contributed by atoms with Crippen LogP contribution in [0.4, 0.5) is 4.79 Å². The van der Waals surface area contributed by atoms with Crippen LogP contribution in [0.25, 0.3) is 17.0 Å². The molecule has 156 valence electrons. The van der Waals surface area contributed by atoms with Crippen LogP contribution in [-0.4, -0.2) is 43.4 Å². The first-order valence-electron chi connectivity index (χ1n) is 9.63. The summed E-state index contributed by atoms with van der Waals surface area (Å²) in [5.74, 6) is -1.82. The second-order valence-corrected chi connectivity index (χ2v) is 8.90. The standard InChI is InChI=1S/C22H16ClN3O4S/c23-15-3-4-16-13(9-15)2-6-18(16)26-17-5-1-12(7-14(17)10-24-26)8-19-21(29)25(11-20(27)28)22(30)31-19/h1,3-5,7-10,18H,2,6,11H2,(H,27,28)/t18-/m1/s1. The van der Waals surface area contributed by atoms with Crippen LogP contribution in [0.5, 0.6) is 0 Å². The molecule has 3 aromatic rings. The van der Waals surface area contributed by atoms with Gasteiger partial charge >= 0.3 is 5.97 Å². The van der Waals surface area contributed by atoms with Crippen molar-refractivity contribution in [3.63, 3.8) is 0 Å². The number of hydrogen-bond donors (Lipinski definition) is 1. The van der Waals surface area contributed by atoms with Crippen molar-refractivity contribution in [1.29, 1.82) is 0 Å². The number of rotatable bonds is 4. The van der Waals surface area contributed by atoms with Crippen molar-refractivity contribution in [2.24, 2.45) is 0 Å². The number of imide groups is 1. The number of benzene rings is 2. The van der Waals surface area contributed by atoms with Gasteiger partial charge < -0.3 is 5.11 Å². The topological polar surface area (TPSA) is 92.5 Å². The fourth-order valence-electron chi connectivity index (χ4n) is 4.15. The Balaban J connectivity index is 1.45. The maximum atomic E-state index is 12.4. The van der Waals surface area contributed by atoms with Gasteiger partial charge in [-0.1, -0.05) is 23.7 Å². The summed E-state index contributed by atoms with van der Waals surface area (Å²) >= 11 is 6.87. The van der Waals surface area contributed by atoms with Gasteiger partial charge in [0.05, 0.1) is 22.7 Å². The molecule has 2 aliphatic rings. The second kappa shape index (κ2) is 7.55. The van der Waals surface area contributed by atoms with Gasteiger partial charge in [-0.2, -0.15) is 5.10 Å². The smallest absolute Gasteiger partial charge is 0.323 e. The van der Waals surface area contributed by atoms with E-state index in [0.29, 0.717) is 0 Å². The summed E-state index contributed by atoms with van der Waals surface area (Å²) in [4.78, 5) is 36.1. The van der Waals surface area contributed by atoms with E-state index in [1.165, 1.54) is 11.1 Å². The Morgan fingerprint density at radius 2 is 2.10 bits per heavy atom. The zero-order chi connectivity index (χ0) is 21.7. The first kappa shape index (κ1) is 19.8. The van der Waals surface area contributed by atoms with E-state index in [9.17, 15) is 14.4 Å². The van der Waals surface area contributed by atoms with Gasteiger partial charge in [0.15, 0.2) is 0 Å². The average Bonchev–Trinajstić information content (AvgIpc) is 3.39. The summed E-state index contributed by atoms with van der Waals surface area (Å²) in [6, 6.07) is 11.8. The van der Waals surface area contributed by atoms with Crippen molar-refractivity contribution in [2.75, 3.05) is 6.54 Å². The Kier molecular flexibility index (Phi) is 4.83. The van der Waals surface area contributed by atoms with Gasteiger partial charge in [0.2, 0.25) is 0 Å². The Hall–Kier alpha value is -3.10. The minimum atomic E-state index is -1.23. The average molecular weight is 454 g/mol. The van der Waals surface area contributed by atoms with Crippen LogP contribution < -0.4 is 0 Å². The number of fused-ring (bicyclic) bond motifs is 2. The van der Waals surface area contributed by atoms with Crippen LogP contribution in [-0.2, 0) is 16.0 Å². The lowest BCUT2D eigenvalue weighted by atomic mass is 10.1. The van der Waals surface area contributed by atoms with Crippen LogP contribution in [0.3, 0.4) is 0 Å². The van der Waals surface area contributed by atoms with Crippen LogP contribution in [0.15, 0.2) is 47.5 Å². The third-order valence-electron chi connectivity index (χ3n) is 5.53. The minimum Gasteiger partial charge on any atom is -0.480 e. The molecule has 0 spiro atoms. The lowest BCUT2D eigenvalue weighted by molar-refractivity contribution is -0.140. The number of carbonyl (C=O) groups excluding carboxylic acids is 2. The number of carboxylic acids is 1. The molecule has 2 amide bonds. The Morgan fingerprint density at radius 3 is 2.90 bits per heavy atom. The van der Waals surface area contributed by atoms with E-state index in [1.54, 1.807) is 12.3 Å². The Morgan fingerprint density at radius 1 is 1.26 bits per heavy atom. The molecule has 0 unspecified atom stereocenters. The van der Waals surface area contributed by atoms with Crippen LogP contribution in [0.2, 0.25) is 5.02 Å². The molecular formula is C22H16ClN3O4S. The van der Waals surface area contributed by atoms with Crippen LogP contribution in [0, 0.1) is 0 Å². The number of nitrogens with zero attached hydrogens (tertiary/aromatic N) is 3. The molecule has 1 aromatic heterocycles. The highest BCUT2D eigenvalue weighted by atomic mass is 35.5. The second-order valence-electron chi connectivity index (χ2n) is 7.47. The molecule has 9 heteroatoms. The summed E-state index contributed by atoms with van der Waals surface area (Å²) < 4.78 is 2.01. The number of aromatic nitrogens is 2. The lowest BCUT2D eigenvalue weighted by Crippen LogP contribution is -2.33. The minimum absolute atomic E-state index is 0.142. The van der Waals surface area contributed by atoms with Gasteiger partial charge in [-0.15, -0.1) is 0 Å². The summed E-state index contributed by atoms with van der Waals surface area (Å²) in [7, 11) is 0. The van der Waals surface area contributed by atoms with Gasteiger partial charge in [-0.25, -0.2) is 0 Å². The maximum absolute atomic E-state index is 12.4. The summed E-state index contributed by atoms with van der Waals surface area (Å²) in [5.41, 5.74) is 4.19. The molecule has 0 bridgehead atoms. The lowest BCUT2D eigenvalue weighted by Gasteiger charge is -2.14. The van der Waals surface area contributed by atoms with Gasteiger partial charge in [0.1, 0.15) is 6.54 Å². The third-order valence-corrected chi connectivity index (χ3v) is 6.67. The van der Waals surface area contributed by atoms with Crippen molar-refractivity contribution in [3.05, 3.63) is 69.2 Å². The van der Waals surface area contributed by atoms with Crippen molar-refractivity contribution in [1.82, 2.24) is 14.7 Å². The van der Waals surface area contributed by atoms with Gasteiger partial charge in [-0.05, 0) is 71.6 Å². The quantitative estimate of drug-likeness (QED) is 0.590. The van der Waals surface area contributed by atoms with E-state index in [4.69, 9.17) is 16.7 Å². The number of aryl methyl sites for hydroxylation is 1. The summed E-state index contributed by atoms with van der Waals surface area (Å²) in [5, 5.41) is 14.6. The van der Waals surface area contributed by atoms with E-state index in [0.717, 1.165) is 51.0 Å². The zero-order valence-electron chi connectivity index (χ0n) is 16.1. The molecule has 1 N–H and O–H groups in total. The number of thioether (sulfide) groups is 1. The number of halogens is 1. The molecule has 1 atom stereocenters. The molecule has 0 saturated carbocycles. The first-order chi connectivity index (χ1) is 14.9. The molecule has 7 nitrogen and oxygen atoms in total. The SMILES string of the molecule is O=C(O)CN1C(=O)SC(=Cc2ccc3c(cnn3[C@@H]3CCc4cc(Cl)ccc43)c2)C1=O. The number of aliphatic carboxylic acids is 1. The van der Waals surface area contributed by atoms with E-state index >= 15 is 0 Å². The molecular weight excluding hydrogens is 438 g/mol. The molecule has 1 fully saturated rings. The molecule has 1 saturated heterocycles. The van der Waals surface area contributed by atoms with Gasteiger partial charge in [0, 0.05) is 10.4 Å². The van der Waals surface area contributed by atoms with Gasteiger partial charge in [0.25, 0.3) is 11.1 Å². The van der Waals surface area contributed by atoms with E-state index in [-0.39, 0.29) is 10.9 Å². The summed E-state index contributed by atoms with van der Waals surface area (Å²) in [6.45, 7) is -0.637. The number of amides is 2. The molecule has 2 heterocycles. The van der Waals surface area contributed by atoms with Crippen molar-refractivity contribution < 1.29 is 19.5 Å². The molecule has 1 aliphatic carbocycles. The normalized spacial score (nSPS) is 19.6. The van der Waals surface area contributed by atoms with Crippen molar-refractivity contribution >= 4 is 57.5 Å². The highest BCUT2D eigenvalue weighted by Gasteiger charge is 2.36. The highest BCUT2D eigenvalue weighted by molar-refractivity contribution is 8.18. The van der Waals surface area contributed by atoms with Crippen LogP contribution in [0.1, 0.15) is 29.2 Å². The highest BCUT2D eigenvalue weighted by Crippen LogP contribution is 2.37. The fraction of sp³-hybridized carbons (Fsp3) is 0.182. The third kappa shape index (κ3) is 3.51. The monoisotopic (exact) mass is 453 g/mol. The van der Waals surface area contributed by atoms with Crippen LogP contribution >= 0.6 is 23.4 Å². The molecule has 1 aliphatic heterocycles. The number of carboxylic acid groups (broad SMARTS) is 1. The fourth-order valence-corrected chi connectivity index (χ4v) is 5.18. The van der Waals surface area contributed by atoms with E-state index in [2.05, 4.69) is 11.2 Å². The number of hydrogen-bond acceptors (Lipinski definition) is 5. The maximum Gasteiger partial charge on any atom is 0.323 e. The van der Waals surface area contributed by atoms with Crippen molar-refractivity contribution in [3.8, 4) is 0 Å². The van der Waals surface area contributed by atoms with E-state index in [1.807, 2.05) is 35.0 Å². The predicted octanol–water partition coefficient (Wildman–Crippen LogP) is 4.35. The number of carbonyl (C=O) groups is 3. The predicted molar refractivity (Wildman–Crippen MR) is 118 cm³/mol. The zero-order valence-corrected chi connectivity index (χ0v) is 17.7. The van der Waals surface area contributed by atoms with Gasteiger partial charge in [-0.3, -0.25) is 24.0 Å². The van der Waals surface area contributed by atoms with Crippen molar-refractivity contribution in [2.45, 2.75) is 18.9 Å². The molecule has 2 aromatic carbocycles. The van der Waals surface area contributed by atoms with E-state index < -0.39 is 23.7 Å². The Labute approximate surface area is 186 Å². The molecule has 0 radical (unpaired) electrons.